The molecule has 6 nitrogen and oxygen atoms in total. The molecular formula is C18H25NO5S2. The van der Waals surface area contributed by atoms with Gasteiger partial charge in [-0.2, -0.15) is 0 Å². The van der Waals surface area contributed by atoms with E-state index < -0.39 is 26.7 Å². The highest BCUT2D eigenvalue weighted by molar-refractivity contribution is 7.99. The third-order valence-electron chi connectivity index (χ3n) is 4.37. The number of carbonyl (C=O) groups excluding carboxylic acids is 1. The topological polar surface area (TPSA) is 82.0 Å². The standard InChI is InChI=1S/C18H25NO5S2/c1-5-23-17(20)18(3,26(4,21)22)12-14-11-16(19-24-14)13-7-9-15(10-8-13)25-6-2/h7-10,14H,5-6,11-12H2,1-4H3/t14-,18-/m1/s1. The molecule has 0 spiro atoms. The number of nitrogens with zero attached hydrogens (tertiary/aromatic N) is 1. The van der Waals surface area contributed by atoms with E-state index in [0.29, 0.717) is 6.42 Å². The fraction of sp³-hybridized carbons (Fsp3) is 0.556. The molecule has 0 amide bonds. The lowest BCUT2D eigenvalue weighted by Gasteiger charge is -2.27. The van der Waals surface area contributed by atoms with Gasteiger partial charge in [-0.05, 0) is 37.3 Å². The lowest BCUT2D eigenvalue weighted by Crippen LogP contribution is -2.47. The zero-order valence-corrected chi connectivity index (χ0v) is 17.2. The summed E-state index contributed by atoms with van der Waals surface area (Å²) in [6, 6.07) is 8.00. The average molecular weight is 400 g/mol. The molecule has 1 aromatic rings. The third kappa shape index (κ3) is 4.59. The van der Waals surface area contributed by atoms with Crippen LogP contribution in [-0.4, -0.2) is 49.6 Å². The Morgan fingerprint density at radius 3 is 2.54 bits per heavy atom. The smallest absolute Gasteiger partial charge is 0.327 e. The first-order chi connectivity index (χ1) is 12.2. The monoisotopic (exact) mass is 399 g/mol. The number of ether oxygens (including phenoxy) is 1. The Kier molecular flexibility index (Phi) is 6.74. The van der Waals surface area contributed by atoms with Gasteiger partial charge in [0.1, 0.15) is 6.10 Å². The van der Waals surface area contributed by atoms with Gasteiger partial charge in [0.25, 0.3) is 0 Å². The second kappa shape index (κ2) is 8.43. The first kappa shape index (κ1) is 20.8. The second-order valence-corrected chi connectivity index (χ2v) is 10.1. The number of sulfone groups is 1. The molecule has 1 heterocycles. The summed E-state index contributed by atoms with van der Waals surface area (Å²) in [4.78, 5) is 18.9. The van der Waals surface area contributed by atoms with E-state index in [1.807, 2.05) is 24.3 Å². The molecule has 0 aliphatic carbocycles. The molecule has 8 heteroatoms. The summed E-state index contributed by atoms with van der Waals surface area (Å²) in [7, 11) is -3.68. The third-order valence-corrected chi connectivity index (χ3v) is 7.24. The van der Waals surface area contributed by atoms with Crippen molar-refractivity contribution in [2.24, 2.45) is 5.16 Å². The fourth-order valence-electron chi connectivity index (χ4n) is 2.72. The van der Waals surface area contributed by atoms with E-state index in [1.165, 1.54) is 11.8 Å². The Hall–Kier alpha value is -1.54. The van der Waals surface area contributed by atoms with Gasteiger partial charge in [0.2, 0.25) is 0 Å². The minimum absolute atomic E-state index is 0.00143. The molecule has 1 aromatic carbocycles. The summed E-state index contributed by atoms with van der Waals surface area (Å²) in [6.45, 7) is 5.26. The van der Waals surface area contributed by atoms with Gasteiger partial charge in [0, 0.05) is 24.0 Å². The van der Waals surface area contributed by atoms with Crippen LogP contribution in [0.15, 0.2) is 34.3 Å². The van der Waals surface area contributed by atoms with Crippen LogP contribution in [-0.2, 0) is 24.2 Å². The second-order valence-electron chi connectivity index (χ2n) is 6.35. The van der Waals surface area contributed by atoms with E-state index >= 15 is 0 Å². The highest BCUT2D eigenvalue weighted by Crippen LogP contribution is 2.30. The molecule has 0 radical (unpaired) electrons. The lowest BCUT2D eigenvalue weighted by atomic mass is 9.97. The molecule has 2 rings (SSSR count). The summed E-state index contributed by atoms with van der Waals surface area (Å²) >= 11 is 1.76. The predicted octanol–water partition coefficient (Wildman–Crippen LogP) is 3.05. The molecule has 2 atom stereocenters. The number of carbonyl (C=O) groups is 1. The van der Waals surface area contributed by atoms with Crippen LogP contribution in [0.4, 0.5) is 0 Å². The minimum Gasteiger partial charge on any atom is -0.465 e. The Bertz CT molecular complexity index is 773. The van der Waals surface area contributed by atoms with Crippen molar-refractivity contribution in [3.05, 3.63) is 29.8 Å². The zero-order valence-electron chi connectivity index (χ0n) is 15.5. The van der Waals surface area contributed by atoms with Crippen LogP contribution < -0.4 is 0 Å². The molecule has 0 fully saturated rings. The SMILES string of the molecule is CCOC(=O)[C@@](C)(C[C@H]1CC(c2ccc(SCC)cc2)=NO1)S(C)(=O)=O. The highest BCUT2D eigenvalue weighted by atomic mass is 32.2. The molecule has 1 aliphatic heterocycles. The molecule has 0 saturated heterocycles. The summed E-state index contributed by atoms with van der Waals surface area (Å²) in [5.41, 5.74) is 1.69. The van der Waals surface area contributed by atoms with Crippen LogP contribution in [0.2, 0.25) is 0 Å². The number of oxime groups is 1. The number of hydrogen-bond acceptors (Lipinski definition) is 7. The lowest BCUT2D eigenvalue weighted by molar-refractivity contribution is -0.146. The highest BCUT2D eigenvalue weighted by Gasteiger charge is 2.48. The van der Waals surface area contributed by atoms with Crippen molar-refractivity contribution >= 4 is 33.3 Å². The predicted molar refractivity (Wildman–Crippen MR) is 103 cm³/mol. The first-order valence-electron chi connectivity index (χ1n) is 8.54. The van der Waals surface area contributed by atoms with Gasteiger partial charge >= 0.3 is 5.97 Å². The van der Waals surface area contributed by atoms with E-state index in [9.17, 15) is 13.2 Å². The minimum atomic E-state index is -3.68. The molecule has 1 aliphatic rings. The van der Waals surface area contributed by atoms with Crippen LogP contribution in [0.25, 0.3) is 0 Å². The van der Waals surface area contributed by atoms with Crippen LogP contribution in [0, 0.1) is 0 Å². The van der Waals surface area contributed by atoms with Gasteiger partial charge in [-0.25, -0.2) is 8.42 Å². The Morgan fingerprint density at radius 1 is 1.35 bits per heavy atom. The van der Waals surface area contributed by atoms with Crippen LogP contribution >= 0.6 is 11.8 Å². The molecule has 0 unspecified atom stereocenters. The first-order valence-corrected chi connectivity index (χ1v) is 11.4. The van der Waals surface area contributed by atoms with Crippen molar-refractivity contribution in [3.63, 3.8) is 0 Å². The van der Waals surface area contributed by atoms with Gasteiger partial charge in [-0.1, -0.05) is 24.2 Å². The maximum atomic E-state index is 12.3. The van der Waals surface area contributed by atoms with Gasteiger partial charge < -0.3 is 9.57 Å². The molecule has 26 heavy (non-hydrogen) atoms. The van der Waals surface area contributed by atoms with Gasteiger partial charge in [0.15, 0.2) is 14.6 Å². The van der Waals surface area contributed by atoms with Gasteiger partial charge in [-0.15, -0.1) is 11.8 Å². The van der Waals surface area contributed by atoms with Gasteiger partial charge in [0.05, 0.1) is 12.3 Å². The van der Waals surface area contributed by atoms with E-state index in [1.54, 1.807) is 18.7 Å². The molecule has 0 bridgehead atoms. The maximum absolute atomic E-state index is 12.3. The number of thioether (sulfide) groups is 1. The molecule has 0 N–H and O–H groups in total. The van der Waals surface area contributed by atoms with E-state index in [2.05, 4.69) is 12.1 Å². The van der Waals surface area contributed by atoms with Crippen LogP contribution in [0.1, 0.15) is 39.2 Å². The quantitative estimate of drug-likeness (QED) is 0.494. The van der Waals surface area contributed by atoms with Crippen LogP contribution in [0.3, 0.4) is 0 Å². The van der Waals surface area contributed by atoms with Crippen molar-refractivity contribution < 1.29 is 22.8 Å². The number of rotatable bonds is 8. The fourth-order valence-corrected chi connectivity index (χ4v) is 4.24. The van der Waals surface area contributed by atoms with Crippen LogP contribution in [0.5, 0.6) is 0 Å². The van der Waals surface area contributed by atoms with E-state index in [4.69, 9.17) is 9.57 Å². The molecule has 0 saturated carbocycles. The maximum Gasteiger partial charge on any atom is 0.327 e. The summed E-state index contributed by atoms with van der Waals surface area (Å²) in [5.74, 6) is 0.254. The van der Waals surface area contributed by atoms with Crippen molar-refractivity contribution in [1.82, 2.24) is 0 Å². The summed E-state index contributed by atoms with van der Waals surface area (Å²) < 4.78 is 27.7. The largest absolute Gasteiger partial charge is 0.465 e. The number of benzene rings is 1. The normalized spacial score (nSPS) is 19.4. The summed E-state index contributed by atoms with van der Waals surface area (Å²) in [5, 5.41) is 4.10. The zero-order chi connectivity index (χ0) is 19.4. The number of esters is 1. The van der Waals surface area contributed by atoms with Gasteiger partial charge in [-0.3, -0.25) is 4.79 Å². The Balaban J connectivity index is 2.09. The molecular weight excluding hydrogens is 374 g/mol. The molecule has 144 valence electrons. The summed E-state index contributed by atoms with van der Waals surface area (Å²) in [6.07, 6.45) is 1.01. The number of hydrogen-bond donors (Lipinski definition) is 0. The Morgan fingerprint density at radius 2 is 2.00 bits per heavy atom. The van der Waals surface area contributed by atoms with Crippen molar-refractivity contribution in [3.8, 4) is 0 Å². The average Bonchev–Trinajstić information content (AvgIpc) is 3.03. The van der Waals surface area contributed by atoms with E-state index in [0.717, 1.165) is 23.3 Å². The van der Waals surface area contributed by atoms with Crippen molar-refractivity contribution in [1.29, 1.82) is 0 Å². The molecule has 0 aromatic heterocycles. The van der Waals surface area contributed by atoms with Crippen molar-refractivity contribution in [2.75, 3.05) is 18.6 Å². The van der Waals surface area contributed by atoms with Crippen molar-refractivity contribution in [2.45, 2.75) is 49.4 Å². The Labute approximate surface area is 159 Å². The van der Waals surface area contributed by atoms with E-state index in [-0.39, 0.29) is 13.0 Å².